The lowest BCUT2D eigenvalue weighted by molar-refractivity contribution is -0.120. The normalized spacial score (nSPS) is 11.2. The Hall–Kier alpha value is -4.70. The number of carbonyl (C=O) groups is 1. The van der Waals surface area contributed by atoms with Gasteiger partial charge in [0.2, 0.25) is 5.91 Å². The fourth-order valence-corrected chi connectivity index (χ4v) is 4.38. The minimum absolute atomic E-state index is 0.0565. The number of methoxy groups -OCH3 is 1. The molecule has 0 aliphatic heterocycles. The van der Waals surface area contributed by atoms with E-state index in [-0.39, 0.29) is 22.6 Å². The quantitative estimate of drug-likeness (QED) is 0.189. The van der Waals surface area contributed by atoms with Crippen LogP contribution in [0.1, 0.15) is 11.1 Å². The largest absolute Gasteiger partial charge is 0.497 e. The second-order valence-electron chi connectivity index (χ2n) is 7.66. The van der Waals surface area contributed by atoms with Crippen molar-refractivity contribution in [3.63, 3.8) is 0 Å². The van der Waals surface area contributed by atoms with Gasteiger partial charge >= 0.3 is 10.1 Å². The maximum atomic E-state index is 13.1. The Labute approximate surface area is 214 Å². The number of benzene rings is 3. The number of aromatic nitrogens is 1. The molecule has 0 radical (unpaired) electrons. The molecule has 1 amide bonds. The number of pyridine rings is 1. The molecule has 3 aromatic carbocycles. The summed E-state index contributed by atoms with van der Waals surface area (Å²) in [6.45, 7) is 0. The lowest BCUT2D eigenvalue weighted by atomic mass is 10.1. The van der Waals surface area contributed by atoms with Crippen LogP contribution in [0, 0.1) is 0 Å². The Balaban J connectivity index is 1.57. The fourth-order valence-electron chi connectivity index (χ4n) is 3.29. The number of rotatable bonds is 10. The SMILES string of the molecule is COc1cccc(CC(=O)N/N=C/c2cc(Oc3cccnc3)ccc2S(=O)(=O)Oc2ccccc2)c1. The third-order valence-corrected chi connectivity index (χ3v) is 6.28. The highest BCUT2D eigenvalue weighted by atomic mass is 32.2. The predicted molar refractivity (Wildman–Crippen MR) is 137 cm³/mol. The molecule has 0 saturated carbocycles. The van der Waals surface area contributed by atoms with Crippen molar-refractivity contribution in [3.05, 3.63) is 108 Å². The Morgan fingerprint density at radius 2 is 1.70 bits per heavy atom. The Morgan fingerprint density at radius 3 is 2.46 bits per heavy atom. The van der Waals surface area contributed by atoms with Gasteiger partial charge in [-0.15, -0.1) is 0 Å². The second-order valence-corrected chi connectivity index (χ2v) is 9.18. The second kappa shape index (κ2) is 11.8. The maximum Gasteiger partial charge on any atom is 0.339 e. The van der Waals surface area contributed by atoms with E-state index in [4.69, 9.17) is 13.7 Å². The van der Waals surface area contributed by atoms with E-state index < -0.39 is 16.0 Å². The van der Waals surface area contributed by atoms with E-state index in [0.717, 1.165) is 5.56 Å². The summed E-state index contributed by atoms with van der Waals surface area (Å²) < 4.78 is 42.3. The molecule has 0 atom stereocenters. The summed E-state index contributed by atoms with van der Waals surface area (Å²) in [5, 5.41) is 3.97. The van der Waals surface area contributed by atoms with Crippen LogP contribution in [0.25, 0.3) is 0 Å². The molecule has 0 bridgehead atoms. The number of nitrogens with zero attached hydrogens (tertiary/aromatic N) is 2. The van der Waals surface area contributed by atoms with Crippen molar-refractivity contribution in [1.82, 2.24) is 10.4 Å². The van der Waals surface area contributed by atoms with E-state index in [9.17, 15) is 13.2 Å². The number of para-hydroxylation sites is 1. The molecule has 1 heterocycles. The van der Waals surface area contributed by atoms with Crippen molar-refractivity contribution >= 4 is 22.2 Å². The molecule has 37 heavy (non-hydrogen) atoms. The molecule has 10 heteroatoms. The smallest absolute Gasteiger partial charge is 0.339 e. The molecule has 188 valence electrons. The van der Waals surface area contributed by atoms with E-state index in [1.165, 1.54) is 42.7 Å². The first-order valence-electron chi connectivity index (χ1n) is 11.1. The maximum absolute atomic E-state index is 13.1. The third kappa shape index (κ3) is 7.15. The van der Waals surface area contributed by atoms with Crippen molar-refractivity contribution in [3.8, 4) is 23.0 Å². The van der Waals surface area contributed by atoms with Crippen molar-refractivity contribution in [2.45, 2.75) is 11.3 Å². The number of hydrogen-bond donors (Lipinski definition) is 1. The molecule has 1 N–H and O–H groups in total. The van der Waals surface area contributed by atoms with Gasteiger partial charge in [-0.05, 0) is 60.2 Å². The van der Waals surface area contributed by atoms with Crippen LogP contribution in [-0.4, -0.2) is 32.6 Å². The highest BCUT2D eigenvalue weighted by molar-refractivity contribution is 7.87. The third-order valence-electron chi connectivity index (χ3n) is 4.96. The van der Waals surface area contributed by atoms with Crippen LogP contribution in [0.4, 0.5) is 0 Å². The van der Waals surface area contributed by atoms with Crippen LogP contribution in [0.15, 0.2) is 107 Å². The molecule has 9 nitrogen and oxygen atoms in total. The molecular weight excluding hydrogens is 494 g/mol. The van der Waals surface area contributed by atoms with Crippen LogP contribution in [0.2, 0.25) is 0 Å². The van der Waals surface area contributed by atoms with E-state index in [2.05, 4.69) is 15.5 Å². The predicted octanol–water partition coefficient (Wildman–Crippen LogP) is 4.34. The number of hydrazone groups is 1. The highest BCUT2D eigenvalue weighted by Crippen LogP contribution is 2.27. The molecule has 0 saturated heterocycles. The lowest BCUT2D eigenvalue weighted by Crippen LogP contribution is -2.20. The zero-order chi connectivity index (χ0) is 26.1. The minimum Gasteiger partial charge on any atom is -0.497 e. The van der Waals surface area contributed by atoms with Crippen LogP contribution < -0.4 is 19.1 Å². The molecule has 0 fully saturated rings. The van der Waals surface area contributed by atoms with Crippen LogP contribution in [0.3, 0.4) is 0 Å². The van der Waals surface area contributed by atoms with Crippen molar-refractivity contribution in [2.24, 2.45) is 5.10 Å². The van der Waals surface area contributed by atoms with Gasteiger partial charge < -0.3 is 13.7 Å². The summed E-state index contributed by atoms with van der Waals surface area (Å²) in [6, 6.07) is 23.0. The molecule has 4 rings (SSSR count). The molecule has 4 aromatic rings. The van der Waals surface area contributed by atoms with Crippen LogP contribution in [0.5, 0.6) is 23.0 Å². The van der Waals surface area contributed by atoms with Crippen molar-refractivity contribution < 1.29 is 26.9 Å². The zero-order valence-electron chi connectivity index (χ0n) is 19.8. The Morgan fingerprint density at radius 1 is 0.919 bits per heavy atom. The van der Waals surface area contributed by atoms with Gasteiger partial charge in [0, 0.05) is 11.8 Å². The van der Waals surface area contributed by atoms with E-state index in [0.29, 0.717) is 17.2 Å². The van der Waals surface area contributed by atoms with Gasteiger partial charge in [0.25, 0.3) is 0 Å². The summed E-state index contributed by atoms with van der Waals surface area (Å²) >= 11 is 0. The number of amides is 1. The molecule has 0 spiro atoms. The molecule has 0 aliphatic carbocycles. The fraction of sp³-hybridized carbons (Fsp3) is 0.0741. The number of ether oxygens (including phenoxy) is 2. The van der Waals surface area contributed by atoms with Crippen molar-refractivity contribution in [1.29, 1.82) is 0 Å². The molecule has 0 aliphatic rings. The van der Waals surface area contributed by atoms with Crippen molar-refractivity contribution in [2.75, 3.05) is 7.11 Å². The minimum atomic E-state index is -4.23. The highest BCUT2D eigenvalue weighted by Gasteiger charge is 2.21. The van der Waals surface area contributed by atoms with Crippen LogP contribution in [-0.2, 0) is 21.3 Å². The van der Waals surface area contributed by atoms with E-state index >= 15 is 0 Å². The summed E-state index contributed by atoms with van der Waals surface area (Å²) in [5.41, 5.74) is 3.30. The first-order valence-corrected chi connectivity index (χ1v) is 12.5. The Kier molecular flexibility index (Phi) is 8.11. The van der Waals surface area contributed by atoms with E-state index in [1.807, 2.05) is 0 Å². The zero-order valence-corrected chi connectivity index (χ0v) is 20.6. The number of carbonyl (C=O) groups excluding carboxylic acids is 1. The average Bonchev–Trinajstić information content (AvgIpc) is 2.90. The summed E-state index contributed by atoms with van der Waals surface area (Å²) in [5.74, 6) is 1.21. The van der Waals surface area contributed by atoms with Gasteiger partial charge in [-0.3, -0.25) is 9.78 Å². The lowest BCUT2D eigenvalue weighted by Gasteiger charge is -2.11. The Bertz CT molecular complexity index is 1490. The van der Waals surface area contributed by atoms with E-state index in [1.54, 1.807) is 67.9 Å². The van der Waals surface area contributed by atoms with Gasteiger partial charge in [-0.2, -0.15) is 13.5 Å². The first kappa shape index (κ1) is 25.4. The van der Waals surface area contributed by atoms with Gasteiger partial charge in [-0.25, -0.2) is 5.43 Å². The number of nitrogens with one attached hydrogen (secondary N) is 1. The number of hydrogen-bond acceptors (Lipinski definition) is 8. The average molecular weight is 518 g/mol. The molecular formula is C27H23N3O6S. The topological polar surface area (TPSA) is 116 Å². The standard InChI is InChI=1S/C27H23N3O6S/c1-34-23-10-5-7-20(15-23)16-27(31)30-29-18-21-17-24(35-25-11-6-14-28-19-25)12-13-26(21)37(32,33)36-22-8-3-2-4-9-22/h2-15,17-19H,16H2,1H3,(H,30,31)/b29-18+. The molecule has 1 aromatic heterocycles. The van der Waals surface area contributed by atoms with Crippen LogP contribution >= 0.6 is 0 Å². The van der Waals surface area contributed by atoms with Gasteiger partial charge in [0.05, 0.1) is 25.9 Å². The summed E-state index contributed by atoms with van der Waals surface area (Å²) in [4.78, 5) is 16.2. The van der Waals surface area contributed by atoms with Gasteiger partial charge in [0.15, 0.2) is 0 Å². The monoisotopic (exact) mass is 517 g/mol. The summed E-state index contributed by atoms with van der Waals surface area (Å²) in [6.07, 6.45) is 4.41. The molecule has 0 unspecified atom stereocenters. The summed E-state index contributed by atoms with van der Waals surface area (Å²) in [7, 11) is -2.68. The van der Waals surface area contributed by atoms with Gasteiger partial charge in [-0.1, -0.05) is 30.3 Å². The first-order chi connectivity index (χ1) is 17.9. The van der Waals surface area contributed by atoms with Gasteiger partial charge in [0.1, 0.15) is 27.9 Å².